The van der Waals surface area contributed by atoms with E-state index in [-0.39, 0.29) is 35.6 Å². The van der Waals surface area contributed by atoms with Crippen LogP contribution in [0.3, 0.4) is 0 Å². The number of rotatable bonds is 6. The Morgan fingerprint density at radius 2 is 1.80 bits per heavy atom. The lowest BCUT2D eigenvalue weighted by molar-refractivity contribution is -0.143. The van der Waals surface area contributed by atoms with Gasteiger partial charge in [-0.15, -0.1) is 11.3 Å². The van der Waals surface area contributed by atoms with E-state index in [1.807, 2.05) is 54.9 Å². The maximum atomic E-state index is 16.0. The van der Waals surface area contributed by atoms with E-state index in [2.05, 4.69) is 16.8 Å². The van der Waals surface area contributed by atoms with Crippen molar-refractivity contribution in [1.29, 1.82) is 0 Å². The fourth-order valence-corrected chi connectivity index (χ4v) is 8.33. The van der Waals surface area contributed by atoms with E-state index in [0.717, 1.165) is 56.8 Å². The average molecular weight is 579 g/mol. The van der Waals surface area contributed by atoms with Crippen LogP contribution in [0.25, 0.3) is 32.2 Å². The predicted molar refractivity (Wildman–Crippen MR) is 157 cm³/mol. The number of halogens is 2. The van der Waals surface area contributed by atoms with E-state index in [4.69, 9.17) is 11.6 Å². The van der Waals surface area contributed by atoms with Gasteiger partial charge in [-0.2, -0.15) is 0 Å². The van der Waals surface area contributed by atoms with Crippen molar-refractivity contribution < 1.29 is 14.0 Å². The molecule has 5 heterocycles. The molecule has 3 aromatic heterocycles. The number of imide groups is 1. The highest BCUT2D eigenvalue weighted by Gasteiger charge is 2.72. The number of hydrogen-bond donors (Lipinski definition) is 0. The van der Waals surface area contributed by atoms with Crippen molar-refractivity contribution in [2.75, 3.05) is 19.6 Å². The number of likely N-dealkylation sites (tertiary alicyclic amines) is 2. The van der Waals surface area contributed by atoms with Crippen LogP contribution < -0.4 is 0 Å². The van der Waals surface area contributed by atoms with Crippen molar-refractivity contribution in [3.63, 3.8) is 0 Å². The van der Waals surface area contributed by atoms with E-state index >= 15 is 4.39 Å². The first-order valence-corrected chi connectivity index (χ1v) is 15.2. The van der Waals surface area contributed by atoms with Gasteiger partial charge in [0.2, 0.25) is 11.8 Å². The highest BCUT2D eigenvalue weighted by atomic mass is 35.5. The van der Waals surface area contributed by atoms with Crippen molar-refractivity contribution in [3.8, 4) is 11.1 Å². The Bertz CT molecular complexity index is 1660. The maximum Gasteiger partial charge on any atom is 0.234 e. The number of carbonyl (C=O) groups is 2. The molecule has 3 fully saturated rings. The van der Waals surface area contributed by atoms with Gasteiger partial charge in [-0.05, 0) is 55.1 Å². The number of carbonyl (C=O) groups excluding carboxylic acids is 2. The Morgan fingerprint density at radius 1 is 1.07 bits per heavy atom. The van der Waals surface area contributed by atoms with Crippen molar-refractivity contribution >= 4 is 55.9 Å². The summed E-state index contributed by atoms with van der Waals surface area (Å²) in [7, 11) is 0. The molecule has 9 heteroatoms. The Kier molecular flexibility index (Phi) is 5.94. The van der Waals surface area contributed by atoms with Gasteiger partial charge in [-0.1, -0.05) is 32.4 Å². The van der Waals surface area contributed by atoms with E-state index in [1.165, 1.54) is 4.90 Å². The Balaban J connectivity index is 1.25. The van der Waals surface area contributed by atoms with Crippen LogP contribution in [0.2, 0.25) is 5.02 Å². The number of fused-ring (bicyclic) bond motifs is 3. The minimum atomic E-state index is -1.26. The summed E-state index contributed by atoms with van der Waals surface area (Å²) in [6.07, 6.45) is 4.77. The largest absolute Gasteiger partial charge is 0.344 e. The molecule has 2 atom stereocenters. The van der Waals surface area contributed by atoms with Crippen LogP contribution in [0.15, 0.2) is 42.7 Å². The second-order valence-corrected chi connectivity index (χ2v) is 13.8. The van der Waals surface area contributed by atoms with Crippen LogP contribution in [0.4, 0.5) is 4.39 Å². The topological polar surface area (TPSA) is 58.4 Å². The zero-order valence-electron chi connectivity index (χ0n) is 22.9. The summed E-state index contributed by atoms with van der Waals surface area (Å²) < 4.78 is 19.0. The monoisotopic (exact) mass is 578 g/mol. The molecule has 6 nitrogen and oxygen atoms in total. The molecular formula is C31H32ClFN4O2S. The van der Waals surface area contributed by atoms with Gasteiger partial charge in [0.1, 0.15) is 5.67 Å². The third-order valence-electron chi connectivity index (χ3n) is 9.44. The molecule has 7 rings (SSSR count). The summed E-state index contributed by atoms with van der Waals surface area (Å²) in [5, 5.41) is 1.58. The van der Waals surface area contributed by atoms with Crippen molar-refractivity contribution in [3.05, 3.63) is 52.6 Å². The molecule has 3 aliphatic rings. The molecule has 2 amide bonds. The first-order valence-electron chi connectivity index (χ1n) is 14.0. The van der Waals surface area contributed by atoms with Gasteiger partial charge in [0.05, 0.1) is 40.7 Å². The van der Waals surface area contributed by atoms with Crippen LogP contribution in [-0.2, 0) is 22.7 Å². The fourth-order valence-electron chi connectivity index (χ4n) is 6.98. The predicted octanol–water partition coefficient (Wildman–Crippen LogP) is 6.54. The zero-order valence-corrected chi connectivity index (χ0v) is 24.5. The Hall–Kier alpha value is -2.81. The SMILES string of the molecule is CCN1CCC(F)(Cn2ccc3cc(Cl)cc(-c4ccnc5cc(CN6C(=O)C7C(C6=O)C7(C)C)sc45)c32)CC1. The Labute approximate surface area is 241 Å². The number of nitrogens with zero attached hydrogens (tertiary/aromatic N) is 4. The lowest BCUT2D eigenvalue weighted by Gasteiger charge is -2.36. The molecule has 208 valence electrons. The molecule has 2 aliphatic heterocycles. The van der Waals surface area contributed by atoms with Crippen molar-refractivity contribution in [1.82, 2.24) is 19.4 Å². The van der Waals surface area contributed by atoms with Crippen LogP contribution >= 0.6 is 22.9 Å². The molecule has 4 aromatic rings. The smallest absolute Gasteiger partial charge is 0.234 e. The maximum absolute atomic E-state index is 16.0. The number of thiophene rings is 1. The summed E-state index contributed by atoms with van der Waals surface area (Å²) in [5.74, 6) is -0.512. The minimum absolute atomic E-state index is 0.0649. The molecule has 0 bridgehead atoms. The first kappa shape index (κ1) is 26.1. The summed E-state index contributed by atoms with van der Waals surface area (Å²) in [4.78, 5) is 35.1. The quantitative estimate of drug-likeness (QED) is 0.244. The molecule has 0 N–H and O–H groups in total. The van der Waals surface area contributed by atoms with E-state index in [9.17, 15) is 9.59 Å². The molecule has 40 heavy (non-hydrogen) atoms. The molecule has 2 saturated heterocycles. The van der Waals surface area contributed by atoms with Crippen LogP contribution in [0.1, 0.15) is 38.5 Å². The molecule has 2 unspecified atom stereocenters. The number of pyridine rings is 1. The molecular weight excluding hydrogens is 547 g/mol. The fraction of sp³-hybridized carbons (Fsp3) is 0.452. The summed E-state index contributed by atoms with van der Waals surface area (Å²) in [5.41, 5.74) is 2.17. The third-order valence-corrected chi connectivity index (χ3v) is 10.8. The Morgan fingerprint density at radius 3 is 2.50 bits per heavy atom. The highest BCUT2D eigenvalue weighted by molar-refractivity contribution is 7.19. The second-order valence-electron chi connectivity index (χ2n) is 12.2. The number of benzene rings is 1. The minimum Gasteiger partial charge on any atom is -0.344 e. The standard InChI is InChI=1S/C31H32ClFN4O2S/c1-4-35-11-7-31(33,8-12-35)17-36-10-6-18-13-19(32)14-22(26(18)36)21-5-9-34-23-15-20(40-27(21)23)16-37-28(38)24-25(29(37)39)30(24,2)3/h5-6,9-10,13-15,24-25H,4,7-8,11-12,16-17H2,1-3H3. The number of amides is 2. The second kappa shape index (κ2) is 9.10. The molecule has 0 spiro atoms. The van der Waals surface area contributed by atoms with Crippen LogP contribution in [0, 0.1) is 17.3 Å². The van der Waals surface area contributed by atoms with Gasteiger partial charge in [-0.25, -0.2) is 4.39 Å². The number of aromatic nitrogens is 2. The number of hydrogen-bond acceptors (Lipinski definition) is 5. The lowest BCUT2D eigenvalue weighted by atomic mass is 9.93. The molecule has 1 saturated carbocycles. The number of piperidine rings is 2. The first-order chi connectivity index (χ1) is 19.1. The summed E-state index contributed by atoms with van der Waals surface area (Å²) >= 11 is 8.14. The van der Waals surface area contributed by atoms with E-state index in [1.54, 1.807) is 17.5 Å². The van der Waals surface area contributed by atoms with Gasteiger partial charge < -0.3 is 9.47 Å². The van der Waals surface area contributed by atoms with Crippen LogP contribution in [0.5, 0.6) is 0 Å². The molecule has 0 radical (unpaired) electrons. The van der Waals surface area contributed by atoms with Crippen molar-refractivity contribution in [2.45, 2.75) is 52.4 Å². The lowest BCUT2D eigenvalue weighted by Crippen LogP contribution is -2.43. The molecule has 1 aliphatic carbocycles. The normalized spacial score (nSPS) is 23.9. The van der Waals surface area contributed by atoms with E-state index in [0.29, 0.717) is 24.4 Å². The highest BCUT2D eigenvalue weighted by Crippen LogP contribution is 2.63. The van der Waals surface area contributed by atoms with Crippen LogP contribution in [-0.4, -0.2) is 56.5 Å². The summed E-state index contributed by atoms with van der Waals surface area (Å²) in [6.45, 7) is 9.16. The van der Waals surface area contributed by atoms with Gasteiger partial charge in [0.25, 0.3) is 0 Å². The van der Waals surface area contributed by atoms with Gasteiger partial charge in [-0.3, -0.25) is 19.5 Å². The third kappa shape index (κ3) is 4.02. The zero-order chi connectivity index (χ0) is 28.0. The number of alkyl halides is 1. The summed E-state index contributed by atoms with van der Waals surface area (Å²) in [6, 6.07) is 9.82. The van der Waals surface area contributed by atoms with Gasteiger partial charge in [0, 0.05) is 51.9 Å². The average Bonchev–Trinajstić information content (AvgIpc) is 3.25. The van der Waals surface area contributed by atoms with Crippen molar-refractivity contribution in [2.24, 2.45) is 17.3 Å². The molecule has 1 aromatic carbocycles. The van der Waals surface area contributed by atoms with E-state index < -0.39 is 5.67 Å². The van der Waals surface area contributed by atoms with Gasteiger partial charge in [0.15, 0.2) is 0 Å². The van der Waals surface area contributed by atoms with Gasteiger partial charge >= 0.3 is 0 Å².